The summed E-state index contributed by atoms with van der Waals surface area (Å²) in [7, 11) is 3.40. The second-order valence-corrected chi connectivity index (χ2v) is 5.19. The lowest BCUT2D eigenvalue weighted by Gasteiger charge is -2.17. The monoisotopic (exact) mass is 285 g/mol. The van der Waals surface area contributed by atoms with Gasteiger partial charge in [0.2, 0.25) is 0 Å². The Morgan fingerprint density at radius 2 is 1.86 bits per heavy atom. The summed E-state index contributed by atoms with van der Waals surface area (Å²) in [5, 5.41) is 3.53. The number of aryl methyl sites for hydroxylation is 1. The van der Waals surface area contributed by atoms with Crippen molar-refractivity contribution in [2.24, 2.45) is 0 Å². The summed E-state index contributed by atoms with van der Waals surface area (Å²) in [5.41, 5.74) is 3.62. The minimum atomic E-state index is 0.241. The molecule has 1 N–H and O–H groups in total. The van der Waals surface area contributed by atoms with Crippen LogP contribution in [0.3, 0.4) is 0 Å². The Morgan fingerprint density at radius 3 is 2.57 bits per heavy atom. The molecule has 0 heterocycles. The standard InChI is InChI=1S/C18H23NO2/c1-13-8-9-18(21-4)16(10-13)12-19-14(2)15-6-5-7-17(11-15)20-3/h5-11,14,19H,12H2,1-4H3/t14-/m1/s1. The van der Waals surface area contributed by atoms with E-state index in [2.05, 4.69) is 43.4 Å². The van der Waals surface area contributed by atoms with Crippen LogP contribution in [0.25, 0.3) is 0 Å². The first-order valence-corrected chi connectivity index (χ1v) is 7.15. The molecule has 0 aromatic heterocycles. The fourth-order valence-corrected chi connectivity index (χ4v) is 2.34. The molecule has 0 bridgehead atoms. The van der Waals surface area contributed by atoms with Crippen molar-refractivity contribution in [3.05, 3.63) is 59.2 Å². The highest BCUT2D eigenvalue weighted by atomic mass is 16.5. The Kier molecular flexibility index (Phi) is 5.23. The Labute approximate surface area is 126 Å². The number of hydrogen-bond acceptors (Lipinski definition) is 3. The lowest BCUT2D eigenvalue weighted by Crippen LogP contribution is -2.18. The molecule has 0 unspecified atom stereocenters. The summed E-state index contributed by atoms with van der Waals surface area (Å²) in [6.07, 6.45) is 0. The van der Waals surface area contributed by atoms with Gasteiger partial charge in [0.1, 0.15) is 11.5 Å². The van der Waals surface area contributed by atoms with Crippen LogP contribution in [0.4, 0.5) is 0 Å². The van der Waals surface area contributed by atoms with Gasteiger partial charge in [-0.2, -0.15) is 0 Å². The average molecular weight is 285 g/mol. The molecule has 0 aliphatic rings. The van der Waals surface area contributed by atoms with Gasteiger partial charge in [-0.25, -0.2) is 0 Å². The van der Waals surface area contributed by atoms with E-state index in [0.29, 0.717) is 0 Å². The number of hydrogen-bond donors (Lipinski definition) is 1. The molecule has 0 aliphatic heterocycles. The van der Waals surface area contributed by atoms with Gasteiger partial charge in [-0.1, -0.05) is 29.8 Å². The molecular weight excluding hydrogens is 262 g/mol. The Morgan fingerprint density at radius 1 is 1.05 bits per heavy atom. The third-order valence-electron chi connectivity index (χ3n) is 3.63. The van der Waals surface area contributed by atoms with E-state index in [0.717, 1.165) is 18.0 Å². The van der Waals surface area contributed by atoms with Gasteiger partial charge in [-0.3, -0.25) is 0 Å². The number of rotatable bonds is 6. The van der Waals surface area contributed by atoms with Crippen molar-refractivity contribution in [1.82, 2.24) is 5.32 Å². The van der Waals surface area contributed by atoms with Crippen LogP contribution < -0.4 is 14.8 Å². The van der Waals surface area contributed by atoms with Crippen molar-refractivity contribution in [3.8, 4) is 11.5 Å². The number of nitrogens with one attached hydrogen (secondary N) is 1. The fraction of sp³-hybridized carbons (Fsp3) is 0.333. The summed E-state index contributed by atoms with van der Waals surface area (Å²) >= 11 is 0. The predicted octanol–water partition coefficient (Wildman–Crippen LogP) is 3.86. The second-order valence-electron chi connectivity index (χ2n) is 5.19. The van der Waals surface area contributed by atoms with E-state index in [4.69, 9.17) is 9.47 Å². The minimum Gasteiger partial charge on any atom is -0.497 e. The molecule has 1 atom stereocenters. The van der Waals surface area contributed by atoms with Gasteiger partial charge in [0.15, 0.2) is 0 Å². The molecule has 3 heteroatoms. The molecule has 0 fully saturated rings. The summed E-state index contributed by atoms with van der Waals surface area (Å²) < 4.78 is 10.7. The second kappa shape index (κ2) is 7.14. The van der Waals surface area contributed by atoms with Crippen molar-refractivity contribution in [2.45, 2.75) is 26.4 Å². The van der Waals surface area contributed by atoms with Crippen LogP contribution in [0.1, 0.15) is 29.7 Å². The van der Waals surface area contributed by atoms with E-state index in [9.17, 15) is 0 Å². The lowest BCUT2D eigenvalue weighted by atomic mass is 10.1. The molecule has 2 aromatic rings. The van der Waals surface area contributed by atoms with Crippen LogP contribution in [0, 0.1) is 6.92 Å². The van der Waals surface area contributed by atoms with E-state index in [1.54, 1.807) is 14.2 Å². The number of ether oxygens (including phenoxy) is 2. The number of benzene rings is 2. The average Bonchev–Trinajstić information content (AvgIpc) is 2.52. The summed E-state index contributed by atoms with van der Waals surface area (Å²) in [6.45, 7) is 5.01. The van der Waals surface area contributed by atoms with Crippen LogP contribution in [-0.2, 0) is 6.54 Å². The third-order valence-corrected chi connectivity index (χ3v) is 3.63. The van der Waals surface area contributed by atoms with Crippen molar-refractivity contribution < 1.29 is 9.47 Å². The van der Waals surface area contributed by atoms with Crippen molar-refractivity contribution in [1.29, 1.82) is 0 Å². The maximum Gasteiger partial charge on any atom is 0.123 e. The zero-order valence-electron chi connectivity index (χ0n) is 13.1. The molecule has 2 aromatic carbocycles. The van der Waals surface area contributed by atoms with Crippen LogP contribution in [0.15, 0.2) is 42.5 Å². The quantitative estimate of drug-likeness (QED) is 0.874. The van der Waals surface area contributed by atoms with E-state index < -0.39 is 0 Å². The Bertz CT molecular complexity index is 596. The van der Waals surface area contributed by atoms with Gasteiger partial charge >= 0.3 is 0 Å². The van der Waals surface area contributed by atoms with Gasteiger partial charge in [0.25, 0.3) is 0 Å². The van der Waals surface area contributed by atoms with Gasteiger partial charge < -0.3 is 14.8 Å². The van der Waals surface area contributed by atoms with Crippen LogP contribution >= 0.6 is 0 Å². The van der Waals surface area contributed by atoms with Gasteiger partial charge in [0.05, 0.1) is 14.2 Å². The molecule has 0 spiro atoms. The van der Waals surface area contributed by atoms with Crippen molar-refractivity contribution in [3.63, 3.8) is 0 Å². The largest absolute Gasteiger partial charge is 0.497 e. The Hall–Kier alpha value is -2.00. The lowest BCUT2D eigenvalue weighted by molar-refractivity contribution is 0.405. The zero-order chi connectivity index (χ0) is 15.2. The van der Waals surface area contributed by atoms with Gasteiger partial charge in [-0.15, -0.1) is 0 Å². The SMILES string of the molecule is COc1cccc([C@@H](C)NCc2cc(C)ccc2OC)c1. The first-order valence-electron chi connectivity index (χ1n) is 7.15. The molecule has 21 heavy (non-hydrogen) atoms. The minimum absolute atomic E-state index is 0.241. The zero-order valence-corrected chi connectivity index (χ0v) is 13.1. The molecular formula is C18H23NO2. The fourth-order valence-electron chi connectivity index (χ4n) is 2.34. The molecule has 112 valence electrons. The summed E-state index contributed by atoms with van der Waals surface area (Å²) in [5.74, 6) is 1.81. The van der Waals surface area contributed by atoms with E-state index in [1.165, 1.54) is 16.7 Å². The maximum atomic E-state index is 5.41. The van der Waals surface area contributed by atoms with E-state index in [1.807, 2.05) is 18.2 Å². The highest BCUT2D eigenvalue weighted by molar-refractivity contribution is 5.37. The molecule has 0 saturated carbocycles. The third kappa shape index (κ3) is 3.99. The maximum absolute atomic E-state index is 5.41. The molecule has 0 aliphatic carbocycles. The first-order chi connectivity index (χ1) is 10.1. The molecule has 3 nitrogen and oxygen atoms in total. The summed E-state index contributed by atoms with van der Waals surface area (Å²) in [4.78, 5) is 0. The number of methoxy groups -OCH3 is 2. The normalized spacial score (nSPS) is 12.0. The van der Waals surface area contributed by atoms with Crippen LogP contribution in [-0.4, -0.2) is 14.2 Å². The highest BCUT2D eigenvalue weighted by Crippen LogP contribution is 2.22. The highest BCUT2D eigenvalue weighted by Gasteiger charge is 2.08. The first kappa shape index (κ1) is 15.4. The van der Waals surface area contributed by atoms with Gasteiger partial charge in [0, 0.05) is 18.2 Å². The van der Waals surface area contributed by atoms with Crippen LogP contribution in [0.2, 0.25) is 0 Å². The molecule has 0 radical (unpaired) electrons. The summed E-state index contributed by atoms with van der Waals surface area (Å²) in [6, 6.07) is 14.6. The molecule has 0 saturated heterocycles. The smallest absolute Gasteiger partial charge is 0.123 e. The van der Waals surface area contributed by atoms with E-state index in [-0.39, 0.29) is 6.04 Å². The van der Waals surface area contributed by atoms with Crippen molar-refractivity contribution >= 4 is 0 Å². The Balaban J connectivity index is 2.06. The molecule has 2 rings (SSSR count). The van der Waals surface area contributed by atoms with Gasteiger partial charge in [-0.05, 0) is 37.6 Å². The van der Waals surface area contributed by atoms with Crippen molar-refractivity contribution in [2.75, 3.05) is 14.2 Å². The predicted molar refractivity (Wildman–Crippen MR) is 86.0 cm³/mol. The topological polar surface area (TPSA) is 30.5 Å². The molecule has 0 amide bonds. The van der Waals surface area contributed by atoms with E-state index >= 15 is 0 Å². The van der Waals surface area contributed by atoms with Crippen LogP contribution in [0.5, 0.6) is 11.5 Å².